The van der Waals surface area contributed by atoms with Gasteiger partial charge in [-0.15, -0.1) is 0 Å². The first-order chi connectivity index (χ1) is 11.9. The summed E-state index contributed by atoms with van der Waals surface area (Å²) in [7, 11) is 0. The molecule has 1 saturated heterocycles. The summed E-state index contributed by atoms with van der Waals surface area (Å²) < 4.78 is 10.7. The molecule has 7 nitrogen and oxygen atoms in total. The Morgan fingerprint density at radius 3 is 2.88 bits per heavy atom. The summed E-state index contributed by atoms with van der Waals surface area (Å²) in [6.45, 7) is 2.18. The highest BCUT2D eigenvalue weighted by molar-refractivity contribution is 6.18. The molecule has 1 aromatic carbocycles. The van der Waals surface area contributed by atoms with E-state index in [1.54, 1.807) is 12.1 Å². The SMILES string of the molecule is CC1=N[C@]2(O)c3ccccc3C(=O)[C@]2(O)C1C(=O)OC[C@@H]1CCCO1. The summed E-state index contributed by atoms with van der Waals surface area (Å²) in [6.07, 6.45) is 1.53. The number of Topliss-reactive ketones (excluding diaryl/α,β-unsaturated/α-hetero) is 1. The lowest BCUT2D eigenvalue weighted by Crippen LogP contribution is -2.56. The summed E-state index contributed by atoms with van der Waals surface area (Å²) in [5.41, 5.74) is -4.01. The van der Waals surface area contributed by atoms with Crippen LogP contribution in [0.1, 0.15) is 35.7 Å². The average molecular weight is 345 g/mol. The molecule has 1 aromatic rings. The molecule has 1 unspecified atom stereocenters. The number of benzene rings is 1. The van der Waals surface area contributed by atoms with Gasteiger partial charge in [-0.1, -0.05) is 24.3 Å². The lowest BCUT2D eigenvalue weighted by molar-refractivity contribution is -0.167. The molecule has 2 N–H and O–H groups in total. The van der Waals surface area contributed by atoms with E-state index in [1.165, 1.54) is 19.1 Å². The Kier molecular flexibility index (Phi) is 3.57. The Labute approximate surface area is 144 Å². The van der Waals surface area contributed by atoms with Crippen molar-refractivity contribution in [1.82, 2.24) is 0 Å². The molecule has 25 heavy (non-hydrogen) atoms. The average Bonchev–Trinajstić information content (AvgIpc) is 3.22. The molecule has 0 radical (unpaired) electrons. The third-order valence-electron chi connectivity index (χ3n) is 5.27. The summed E-state index contributed by atoms with van der Waals surface area (Å²) in [6, 6.07) is 6.31. The Morgan fingerprint density at radius 1 is 1.40 bits per heavy atom. The number of ether oxygens (including phenoxy) is 2. The Balaban J connectivity index is 1.66. The second-order valence-corrected chi connectivity index (χ2v) is 6.76. The molecule has 2 aliphatic heterocycles. The number of hydrogen-bond acceptors (Lipinski definition) is 7. The maximum Gasteiger partial charge on any atom is 0.318 e. The van der Waals surface area contributed by atoms with Gasteiger partial charge in [-0.05, 0) is 19.8 Å². The van der Waals surface area contributed by atoms with E-state index in [0.29, 0.717) is 6.61 Å². The molecule has 7 heteroatoms. The molecule has 4 atom stereocenters. The number of nitrogens with zero attached hydrogens (tertiary/aromatic N) is 1. The van der Waals surface area contributed by atoms with Crippen LogP contribution in [0.4, 0.5) is 0 Å². The zero-order valence-electron chi connectivity index (χ0n) is 13.8. The summed E-state index contributed by atoms with van der Waals surface area (Å²) in [4.78, 5) is 29.5. The van der Waals surface area contributed by atoms with Gasteiger partial charge >= 0.3 is 5.97 Å². The van der Waals surface area contributed by atoms with Gasteiger partial charge < -0.3 is 19.7 Å². The van der Waals surface area contributed by atoms with Crippen molar-refractivity contribution in [3.63, 3.8) is 0 Å². The number of ketones is 1. The summed E-state index contributed by atoms with van der Waals surface area (Å²) in [5.74, 6) is -2.85. The standard InChI is InChI=1S/C18H19NO6/c1-10-14(16(21)25-9-11-5-4-8-24-11)17(22)15(20)12-6-2-3-7-13(12)18(17,23)19-10/h2-3,6-7,11,14,22-23H,4-5,8-9H2,1H3/t11-,14?,17+,18-/m0/s1. The van der Waals surface area contributed by atoms with Crippen molar-refractivity contribution in [2.45, 2.75) is 37.2 Å². The van der Waals surface area contributed by atoms with Crippen molar-refractivity contribution in [3.05, 3.63) is 35.4 Å². The van der Waals surface area contributed by atoms with E-state index < -0.39 is 29.0 Å². The Morgan fingerprint density at radius 2 is 2.16 bits per heavy atom. The van der Waals surface area contributed by atoms with Crippen LogP contribution < -0.4 is 0 Å². The molecule has 0 saturated carbocycles. The number of rotatable bonds is 3. The van der Waals surface area contributed by atoms with Crippen LogP contribution >= 0.6 is 0 Å². The highest BCUT2D eigenvalue weighted by Gasteiger charge is 2.72. The number of esters is 1. The fourth-order valence-corrected chi connectivity index (χ4v) is 4.03. The molecule has 3 aliphatic rings. The molecular weight excluding hydrogens is 326 g/mol. The van der Waals surface area contributed by atoms with Gasteiger partial charge in [0.05, 0.1) is 6.10 Å². The van der Waals surface area contributed by atoms with Crippen LogP contribution in [-0.2, 0) is 20.0 Å². The van der Waals surface area contributed by atoms with Crippen molar-refractivity contribution in [2.24, 2.45) is 10.9 Å². The zero-order valence-corrected chi connectivity index (χ0v) is 13.8. The number of aliphatic imine (C=N–C) groups is 1. The van der Waals surface area contributed by atoms with E-state index in [1.807, 2.05) is 0 Å². The molecule has 0 spiro atoms. The topological polar surface area (TPSA) is 105 Å². The van der Waals surface area contributed by atoms with Gasteiger partial charge in [0.25, 0.3) is 0 Å². The van der Waals surface area contributed by atoms with Gasteiger partial charge in [0, 0.05) is 23.4 Å². The molecule has 1 aliphatic carbocycles. The number of carbonyl (C=O) groups excluding carboxylic acids is 2. The summed E-state index contributed by atoms with van der Waals surface area (Å²) in [5, 5.41) is 22.1. The van der Waals surface area contributed by atoms with Crippen LogP contribution in [0.2, 0.25) is 0 Å². The van der Waals surface area contributed by atoms with Gasteiger partial charge in [-0.2, -0.15) is 0 Å². The first-order valence-corrected chi connectivity index (χ1v) is 8.33. The van der Waals surface area contributed by atoms with Gasteiger partial charge in [0.1, 0.15) is 12.5 Å². The van der Waals surface area contributed by atoms with E-state index in [0.717, 1.165) is 12.8 Å². The van der Waals surface area contributed by atoms with E-state index in [4.69, 9.17) is 9.47 Å². The highest BCUT2D eigenvalue weighted by Crippen LogP contribution is 2.53. The molecule has 1 fully saturated rings. The molecule has 4 rings (SSSR count). The van der Waals surface area contributed by atoms with Gasteiger partial charge in [0.15, 0.2) is 5.60 Å². The van der Waals surface area contributed by atoms with Crippen LogP contribution in [0.5, 0.6) is 0 Å². The zero-order chi connectivity index (χ0) is 17.8. The first-order valence-electron chi connectivity index (χ1n) is 8.33. The van der Waals surface area contributed by atoms with Crippen LogP contribution in [0, 0.1) is 5.92 Å². The predicted molar refractivity (Wildman–Crippen MR) is 86.2 cm³/mol. The van der Waals surface area contributed by atoms with Crippen molar-refractivity contribution < 1.29 is 29.3 Å². The minimum absolute atomic E-state index is 0.0538. The lowest BCUT2D eigenvalue weighted by Gasteiger charge is -2.32. The van der Waals surface area contributed by atoms with Crippen LogP contribution in [0.3, 0.4) is 0 Å². The highest BCUT2D eigenvalue weighted by atomic mass is 16.6. The van der Waals surface area contributed by atoms with E-state index in [-0.39, 0.29) is 29.5 Å². The smallest absolute Gasteiger partial charge is 0.318 e. The van der Waals surface area contributed by atoms with Crippen LogP contribution in [-0.4, -0.2) is 52.6 Å². The van der Waals surface area contributed by atoms with E-state index >= 15 is 0 Å². The molecule has 0 amide bonds. The third-order valence-corrected chi connectivity index (χ3v) is 5.27. The van der Waals surface area contributed by atoms with Crippen LogP contribution in [0.25, 0.3) is 0 Å². The van der Waals surface area contributed by atoms with Crippen molar-refractivity contribution >= 4 is 17.5 Å². The first kappa shape index (κ1) is 16.4. The minimum atomic E-state index is -2.38. The quantitative estimate of drug-likeness (QED) is 0.776. The maximum absolute atomic E-state index is 12.8. The summed E-state index contributed by atoms with van der Waals surface area (Å²) >= 11 is 0. The number of fused-ring (bicyclic) bond motifs is 3. The monoisotopic (exact) mass is 345 g/mol. The number of hydrogen-bond donors (Lipinski definition) is 2. The number of carbonyl (C=O) groups is 2. The van der Waals surface area contributed by atoms with Gasteiger partial charge in [0.2, 0.25) is 11.5 Å². The van der Waals surface area contributed by atoms with Gasteiger partial charge in [-0.3, -0.25) is 14.6 Å². The van der Waals surface area contributed by atoms with Gasteiger partial charge in [-0.25, -0.2) is 0 Å². The molecule has 2 heterocycles. The fourth-order valence-electron chi connectivity index (χ4n) is 4.03. The van der Waals surface area contributed by atoms with Crippen molar-refractivity contribution in [3.8, 4) is 0 Å². The third kappa shape index (κ3) is 2.06. The second-order valence-electron chi connectivity index (χ2n) is 6.76. The van der Waals surface area contributed by atoms with Crippen LogP contribution in [0.15, 0.2) is 29.3 Å². The van der Waals surface area contributed by atoms with E-state index in [9.17, 15) is 19.8 Å². The molecule has 0 aromatic heterocycles. The molecule has 0 bridgehead atoms. The lowest BCUT2D eigenvalue weighted by atomic mass is 9.79. The normalized spacial score (nSPS) is 36.1. The Hall–Kier alpha value is -2.09. The molecule has 132 valence electrons. The maximum atomic E-state index is 12.8. The largest absolute Gasteiger partial charge is 0.462 e. The fraction of sp³-hybridized carbons (Fsp3) is 0.500. The van der Waals surface area contributed by atoms with Crippen molar-refractivity contribution in [2.75, 3.05) is 13.2 Å². The molecular formula is C18H19NO6. The number of aliphatic hydroxyl groups is 2. The Bertz CT molecular complexity index is 784. The predicted octanol–water partition coefficient (Wildman–Crippen LogP) is 0.572. The van der Waals surface area contributed by atoms with E-state index in [2.05, 4.69) is 4.99 Å². The van der Waals surface area contributed by atoms with Crippen molar-refractivity contribution in [1.29, 1.82) is 0 Å². The second kappa shape index (κ2) is 5.45. The minimum Gasteiger partial charge on any atom is -0.462 e.